The standard InChI is InChI=1S/C25H20N2O4/c28-25(26-15-6-5-8-18-9-7-10-19(16-18)27(29)30)31-17-24-22-13-3-1-11-20(22)21-12-2-4-14-23(21)24/h1-4,7,9-14,16,24H,6,15,17H2,(H,26,28). The van der Waals surface area contributed by atoms with Gasteiger partial charge in [-0.1, -0.05) is 66.4 Å². The van der Waals surface area contributed by atoms with Crippen LogP contribution in [0.5, 0.6) is 0 Å². The molecule has 0 aliphatic heterocycles. The van der Waals surface area contributed by atoms with Gasteiger partial charge in [-0.15, -0.1) is 0 Å². The first-order valence-electron chi connectivity index (χ1n) is 9.95. The van der Waals surface area contributed by atoms with Gasteiger partial charge < -0.3 is 10.1 Å². The zero-order valence-electron chi connectivity index (χ0n) is 16.7. The van der Waals surface area contributed by atoms with Crippen LogP contribution in [0.4, 0.5) is 10.5 Å². The summed E-state index contributed by atoms with van der Waals surface area (Å²) in [6.07, 6.45) is -0.0774. The largest absolute Gasteiger partial charge is 0.449 e. The highest BCUT2D eigenvalue weighted by Crippen LogP contribution is 2.44. The number of carbonyl (C=O) groups is 1. The number of hydrogen-bond donors (Lipinski definition) is 1. The predicted octanol–water partition coefficient (Wildman–Crippen LogP) is 4.88. The average Bonchev–Trinajstić information content (AvgIpc) is 3.11. The van der Waals surface area contributed by atoms with Gasteiger partial charge >= 0.3 is 6.09 Å². The van der Waals surface area contributed by atoms with Crippen LogP contribution in [0.3, 0.4) is 0 Å². The fourth-order valence-electron chi connectivity index (χ4n) is 3.74. The van der Waals surface area contributed by atoms with Gasteiger partial charge in [0.05, 0.1) is 4.92 Å². The van der Waals surface area contributed by atoms with E-state index in [9.17, 15) is 14.9 Å². The molecular formula is C25H20N2O4. The summed E-state index contributed by atoms with van der Waals surface area (Å²) in [5.41, 5.74) is 5.27. The summed E-state index contributed by atoms with van der Waals surface area (Å²) >= 11 is 0. The van der Waals surface area contributed by atoms with Gasteiger partial charge in [0.25, 0.3) is 5.69 Å². The van der Waals surface area contributed by atoms with Crippen LogP contribution >= 0.6 is 0 Å². The summed E-state index contributed by atoms with van der Waals surface area (Å²) in [7, 11) is 0. The maximum atomic E-state index is 12.1. The monoisotopic (exact) mass is 412 g/mol. The number of rotatable bonds is 5. The molecular weight excluding hydrogens is 392 g/mol. The molecule has 0 radical (unpaired) electrons. The van der Waals surface area contributed by atoms with Gasteiger partial charge in [-0.05, 0) is 28.3 Å². The summed E-state index contributed by atoms with van der Waals surface area (Å²) in [5, 5.41) is 13.5. The lowest BCUT2D eigenvalue weighted by Crippen LogP contribution is -2.26. The van der Waals surface area contributed by atoms with Crippen molar-refractivity contribution in [2.45, 2.75) is 12.3 Å². The van der Waals surface area contributed by atoms with Crippen molar-refractivity contribution in [3.63, 3.8) is 0 Å². The molecule has 0 atom stereocenters. The summed E-state index contributed by atoms with van der Waals surface area (Å²) in [6.45, 7) is 0.595. The highest BCUT2D eigenvalue weighted by atomic mass is 16.6. The number of fused-ring (bicyclic) bond motifs is 3. The number of carbonyl (C=O) groups excluding carboxylic acids is 1. The van der Waals surface area contributed by atoms with E-state index < -0.39 is 11.0 Å². The van der Waals surface area contributed by atoms with E-state index in [1.54, 1.807) is 12.1 Å². The Morgan fingerprint density at radius 2 is 1.68 bits per heavy atom. The zero-order chi connectivity index (χ0) is 21.6. The van der Waals surface area contributed by atoms with Gasteiger partial charge in [0, 0.05) is 36.6 Å². The molecule has 1 aliphatic rings. The normalized spacial score (nSPS) is 11.6. The van der Waals surface area contributed by atoms with Crippen LogP contribution in [0.15, 0.2) is 72.8 Å². The molecule has 3 aromatic rings. The number of non-ortho nitro benzene ring substituents is 1. The van der Waals surface area contributed by atoms with Crippen molar-refractivity contribution < 1.29 is 14.5 Å². The highest BCUT2D eigenvalue weighted by Gasteiger charge is 2.28. The minimum Gasteiger partial charge on any atom is -0.449 e. The molecule has 6 heteroatoms. The fraction of sp³-hybridized carbons (Fsp3) is 0.160. The van der Waals surface area contributed by atoms with Crippen LogP contribution in [-0.2, 0) is 4.74 Å². The quantitative estimate of drug-likeness (QED) is 0.280. The highest BCUT2D eigenvalue weighted by molar-refractivity contribution is 5.79. The maximum absolute atomic E-state index is 12.1. The van der Waals surface area contributed by atoms with Crippen molar-refractivity contribution in [2.75, 3.05) is 13.2 Å². The molecule has 0 bridgehead atoms. The molecule has 0 fully saturated rings. The van der Waals surface area contributed by atoms with Crippen LogP contribution in [0.2, 0.25) is 0 Å². The molecule has 31 heavy (non-hydrogen) atoms. The first-order valence-corrected chi connectivity index (χ1v) is 9.95. The van der Waals surface area contributed by atoms with Gasteiger partial charge in [-0.3, -0.25) is 10.1 Å². The summed E-state index contributed by atoms with van der Waals surface area (Å²) in [4.78, 5) is 22.5. The molecule has 3 aromatic carbocycles. The van der Waals surface area contributed by atoms with Crippen LogP contribution in [0.25, 0.3) is 11.1 Å². The third-order valence-corrected chi connectivity index (χ3v) is 5.15. The number of amides is 1. The van der Waals surface area contributed by atoms with E-state index in [1.165, 1.54) is 34.4 Å². The Morgan fingerprint density at radius 3 is 2.35 bits per heavy atom. The van der Waals surface area contributed by atoms with Crippen molar-refractivity contribution >= 4 is 11.8 Å². The maximum Gasteiger partial charge on any atom is 0.407 e. The first-order chi connectivity index (χ1) is 15.1. The van der Waals surface area contributed by atoms with E-state index in [1.807, 2.05) is 24.3 Å². The number of ether oxygens (including phenoxy) is 1. The summed E-state index contributed by atoms with van der Waals surface area (Å²) < 4.78 is 5.47. The Bertz CT molecular complexity index is 1150. The van der Waals surface area contributed by atoms with Crippen LogP contribution in [0, 0.1) is 22.0 Å². The van der Waals surface area contributed by atoms with Crippen molar-refractivity contribution in [3.05, 3.63) is 99.6 Å². The lowest BCUT2D eigenvalue weighted by Gasteiger charge is -2.14. The van der Waals surface area contributed by atoms with Crippen molar-refractivity contribution in [2.24, 2.45) is 0 Å². The zero-order valence-corrected chi connectivity index (χ0v) is 16.7. The van der Waals surface area contributed by atoms with Crippen molar-refractivity contribution in [1.29, 1.82) is 0 Å². The number of nitrogens with zero attached hydrogens (tertiary/aromatic N) is 1. The van der Waals surface area contributed by atoms with Crippen molar-refractivity contribution in [1.82, 2.24) is 5.32 Å². The molecule has 0 spiro atoms. The second kappa shape index (κ2) is 9.14. The smallest absolute Gasteiger partial charge is 0.407 e. The minimum absolute atomic E-state index is 0.00330. The molecule has 0 heterocycles. The van der Waals surface area contributed by atoms with Gasteiger partial charge in [-0.25, -0.2) is 4.79 Å². The van der Waals surface area contributed by atoms with Gasteiger partial charge in [0.15, 0.2) is 0 Å². The average molecular weight is 412 g/mol. The molecule has 0 saturated heterocycles. The van der Waals surface area contributed by atoms with E-state index in [0.717, 1.165) is 0 Å². The molecule has 0 saturated carbocycles. The number of nitro benzene ring substituents is 1. The Balaban J connectivity index is 1.28. The molecule has 154 valence electrons. The second-order valence-corrected chi connectivity index (χ2v) is 7.11. The van der Waals surface area contributed by atoms with Crippen LogP contribution in [-0.4, -0.2) is 24.2 Å². The number of nitro groups is 1. The molecule has 1 amide bonds. The molecule has 1 N–H and O–H groups in total. The molecule has 6 nitrogen and oxygen atoms in total. The third kappa shape index (κ3) is 4.57. The third-order valence-electron chi connectivity index (χ3n) is 5.15. The van der Waals surface area contributed by atoms with E-state index in [4.69, 9.17) is 4.74 Å². The number of benzene rings is 3. The molecule has 4 rings (SSSR count). The summed E-state index contributed by atoms with van der Waals surface area (Å²) in [6, 6.07) is 22.5. The van der Waals surface area contributed by atoms with Gasteiger partial charge in [0.2, 0.25) is 0 Å². The fourth-order valence-corrected chi connectivity index (χ4v) is 3.74. The second-order valence-electron chi connectivity index (χ2n) is 7.11. The van der Waals surface area contributed by atoms with E-state index in [2.05, 4.69) is 41.4 Å². The van der Waals surface area contributed by atoms with E-state index in [-0.39, 0.29) is 18.2 Å². The Morgan fingerprint density at radius 1 is 1.00 bits per heavy atom. The van der Waals surface area contributed by atoms with E-state index >= 15 is 0 Å². The minimum atomic E-state index is -0.487. The topological polar surface area (TPSA) is 81.5 Å². The SMILES string of the molecule is O=C(NCCC#Cc1cccc([N+](=O)[O-])c1)OCC1c2ccccc2-c2ccccc21. The first kappa shape index (κ1) is 20.2. The van der Waals surface area contributed by atoms with Crippen LogP contribution in [0.1, 0.15) is 29.0 Å². The van der Waals surface area contributed by atoms with Gasteiger partial charge in [-0.2, -0.15) is 0 Å². The van der Waals surface area contributed by atoms with Crippen LogP contribution < -0.4 is 5.32 Å². The Hall–Kier alpha value is -4.11. The summed E-state index contributed by atoms with van der Waals surface area (Å²) in [5.74, 6) is 5.79. The van der Waals surface area contributed by atoms with E-state index in [0.29, 0.717) is 18.5 Å². The molecule has 0 unspecified atom stereocenters. The number of alkyl carbamates (subject to hydrolysis) is 1. The predicted molar refractivity (Wildman–Crippen MR) is 118 cm³/mol. The lowest BCUT2D eigenvalue weighted by molar-refractivity contribution is -0.384. The number of hydrogen-bond acceptors (Lipinski definition) is 4. The molecule has 0 aromatic heterocycles. The Kier molecular flexibility index (Phi) is 5.95. The van der Waals surface area contributed by atoms with Crippen molar-refractivity contribution in [3.8, 4) is 23.0 Å². The van der Waals surface area contributed by atoms with Gasteiger partial charge in [0.1, 0.15) is 6.61 Å². The lowest BCUT2D eigenvalue weighted by atomic mass is 9.98. The number of nitrogens with one attached hydrogen (secondary N) is 1. The molecule has 1 aliphatic carbocycles. The Labute approximate surface area is 180 Å².